The summed E-state index contributed by atoms with van der Waals surface area (Å²) in [5.41, 5.74) is 7.30. The summed E-state index contributed by atoms with van der Waals surface area (Å²) in [7, 11) is 0. The molecule has 0 bridgehead atoms. The molecule has 13 rings (SSSR count). The van der Waals surface area contributed by atoms with Crippen LogP contribution in [0.1, 0.15) is 0 Å². The Morgan fingerprint density at radius 3 is 1.47 bits per heavy atom. The number of benzene rings is 10. The van der Waals surface area contributed by atoms with Gasteiger partial charge >= 0.3 is 0 Å². The predicted octanol–water partition coefficient (Wildman–Crippen LogP) is 15.9. The van der Waals surface area contributed by atoms with Crippen molar-refractivity contribution in [3.63, 3.8) is 0 Å². The lowest BCUT2D eigenvalue weighted by Crippen LogP contribution is -1.96. The summed E-state index contributed by atoms with van der Waals surface area (Å²) >= 11 is 1.84. The maximum Gasteiger partial charge on any atom is 0.160 e. The molecule has 0 saturated carbocycles. The summed E-state index contributed by atoms with van der Waals surface area (Å²) in [4.78, 5) is 10.3. The Kier molecular flexibility index (Phi) is 6.92. The number of thiophene rings is 1. The van der Waals surface area contributed by atoms with Crippen LogP contribution in [0.25, 0.3) is 130 Å². The third-order valence-electron chi connectivity index (χ3n) is 12.4. The van der Waals surface area contributed by atoms with Crippen molar-refractivity contribution >= 4 is 96.1 Å². The molecule has 2 heterocycles. The van der Waals surface area contributed by atoms with Crippen LogP contribution < -0.4 is 0 Å². The van der Waals surface area contributed by atoms with Gasteiger partial charge in [0.25, 0.3) is 0 Å². The van der Waals surface area contributed by atoms with E-state index in [1.165, 1.54) is 95.9 Å². The van der Waals surface area contributed by atoms with Gasteiger partial charge in [0, 0.05) is 36.9 Å². The molecular weight excluding hydrogens is 733 g/mol. The van der Waals surface area contributed by atoms with E-state index in [9.17, 15) is 0 Å². The molecule has 0 aliphatic carbocycles. The third kappa shape index (κ3) is 4.99. The van der Waals surface area contributed by atoms with Crippen LogP contribution in [0.2, 0.25) is 0 Å². The van der Waals surface area contributed by atoms with Crippen molar-refractivity contribution < 1.29 is 0 Å². The molecule has 0 radical (unpaired) electrons. The summed E-state index contributed by atoms with van der Waals surface area (Å²) in [6, 6.07) is 71.1. The Balaban J connectivity index is 1.00. The molecule has 0 saturated heterocycles. The van der Waals surface area contributed by atoms with Crippen molar-refractivity contribution in [2.75, 3.05) is 0 Å². The molecule has 0 fully saturated rings. The topological polar surface area (TPSA) is 25.8 Å². The summed E-state index contributed by atoms with van der Waals surface area (Å²) in [5, 5.41) is 18.0. The van der Waals surface area contributed by atoms with Crippen molar-refractivity contribution in [1.29, 1.82) is 0 Å². The largest absolute Gasteiger partial charge is 0.228 e. The minimum absolute atomic E-state index is 0.718. The van der Waals surface area contributed by atoms with Crippen molar-refractivity contribution in [2.45, 2.75) is 0 Å². The zero-order chi connectivity index (χ0) is 38.6. The number of rotatable bonds is 4. The Hall–Kier alpha value is -7.46. The van der Waals surface area contributed by atoms with E-state index < -0.39 is 0 Å². The van der Waals surface area contributed by atoms with E-state index in [1.807, 2.05) is 29.5 Å². The molecule has 272 valence electrons. The van der Waals surface area contributed by atoms with Gasteiger partial charge < -0.3 is 0 Å². The Morgan fingerprint density at radius 2 is 0.780 bits per heavy atom. The normalized spacial score (nSPS) is 12.1. The van der Waals surface area contributed by atoms with Crippen LogP contribution in [-0.4, -0.2) is 9.97 Å². The summed E-state index contributed by atoms with van der Waals surface area (Å²) in [5.74, 6) is 0.718. The molecule has 11 aromatic carbocycles. The number of fused-ring (bicyclic) bond motifs is 5. The monoisotopic (exact) mass is 764 g/mol. The highest BCUT2D eigenvalue weighted by atomic mass is 32.1. The fraction of sp³-hybridized carbons (Fsp3) is 0. The van der Waals surface area contributed by atoms with E-state index in [-0.39, 0.29) is 0 Å². The van der Waals surface area contributed by atoms with E-state index in [2.05, 4.69) is 176 Å². The van der Waals surface area contributed by atoms with Crippen molar-refractivity contribution in [1.82, 2.24) is 9.97 Å². The highest BCUT2D eigenvalue weighted by Crippen LogP contribution is 2.45. The van der Waals surface area contributed by atoms with Crippen molar-refractivity contribution in [2.24, 2.45) is 0 Å². The van der Waals surface area contributed by atoms with Gasteiger partial charge in [0.1, 0.15) is 0 Å². The molecule has 0 amide bonds. The molecule has 0 aliphatic rings. The van der Waals surface area contributed by atoms with Gasteiger partial charge in [-0.05, 0) is 112 Å². The van der Waals surface area contributed by atoms with Crippen LogP contribution in [0.15, 0.2) is 194 Å². The van der Waals surface area contributed by atoms with Gasteiger partial charge in [0.2, 0.25) is 0 Å². The van der Waals surface area contributed by atoms with Crippen molar-refractivity contribution in [3.8, 4) is 45.0 Å². The lowest BCUT2D eigenvalue weighted by Gasteiger charge is -2.17. The van der Waals surface area contributed by atoms with E-state index >= 15 is 0 Å². The molecule has 3 heteroatoms. The molecular formula is C56H32N2S. The number of hydrogen-bond acceptors (Lipinski definition) is 3. The first kappa shape index (κ1) is 32.6. The minimum Gasteiger partial charge on any atom is -0.228 e. The lowest BCUT2D eigenvalue weighted by atomic mass is 9.86. The highest BCUT2D eigenvalue weighted by Gasteiger charge is 2.17. The molecule has 0 N–H and O–H groups in total. The Labute approximate surface area is 343 Å². The summed E-state index contributed by atoms with van der Waals surface area (Å²) in [6.45, 7) is 0. The molecule has 13 aromatic rings. The Bertz CT molecular complexity index is 3820. The average molecular weight is 765 g/mol. The van der Waals surface area contributed by atoms with Crippen LogP contribution in [0, 0.1) is 0 Å². The third-order valence-corrected chi connectivity index (χ3v) is 13.5. The molecule has 2 nitrogen and oxygen atoms in total. The van der Waals surface area contributed by atoms with Gasteiger partial charge in [0.15, 0.2) is 5.82 Å². The molecule has 0 atom stereocenters. The SMILES string of the molecule is c1ccc(-c2nc(-c3ccc(-c4cc5ccc6cccc7c8cccc9ccc%10cccc(c(c4)c5c67)c%10c98)cc3)cc(-c3ccc4sc5ccccc5c4c3)n2)cc1. The van der Waals surface area contributed by atoms with E-state index in [0.29, 0.717) is 0 Å². The fourth-order valence-corrected chi connectivity index (χ4v) is 10.7. The zero-order valence-corrected chi connectivity index (χ0v) is 32.6. The van der Waals surface area contributed by atoms with Crippen molar-refractivity contribution in [3.05, 3.63) is 194 Å². The van der Waals surface area contributed by atoms with Gasteiger partial charge in [-0.25, -0.2) is 9.97 Å². The van der Waals surface area contributed by atoms with E-state index in [0.717, 1.165) is 33.9 Å². The van der Waals surface area contributed by atoms with Crippen LogP contribution >= 0.6 is 11.3 Å². The Morgan fingerprint density at radius 1 is 0.271 bits per heavy atom. The first-order valence-electron chi connectivity index (χ1n) is 20.1. The molecule has 59 heavy (non-hydrogen) atoms. The standard InChI is InChI=1S/C56H32N2S/c1-2-9-38(10-3-1)56-57-48(32-49(58-56)39-27-28-51-46(30-39)42-14-4-5-18-50(42)59-51)34-21-19-33(20-22-34)41-29-40-26-25-37-12-7-16-44-43-15-6-11-35-23-24-36-13-8-17-45(54(36)52(35)43)47(31-41)55(40)53(37)44/h1-32H. The van der Waals surface area contributed by atoms with Crippen LogP contribution in [0.4, 0.5) is 0 Å². The lowest BCUT2D eigenvalue weighted by molar-refractivity contribution is 1.18. The van der Waals surface area contributed by atoms with Gasteiger partial charge in [-0.1, -0.05) is 158 Å². The fourth-order valence-electron chi connectivity index (χ4n) is 9.63. The predicted molar refractivity (Wildman–Crippen MR) is 253 cm³/mol. The summed E-state index contributed by atoms with van der Waals surface area (Å²) < 4.78 is 2.58. The van der Waals surface area contributed by atoms with Crippen LogP contribution in [0.3, 0.4) is 0 Å². The van der Waals surface area contributed by atoms with Crippen LogP contribution in [-0.2, 0) is 0 Å². The maximum absolute atomic E-state index is 5.18. The molecule has 2 aromatic heterocycles. The number of nitrogens with zero attached hydrogens (tertiary/aromatic N) is 2. The number of aromatic nitrogens is 2. The maximum atomic E-state index is 5.18. The first-order chi connectivity index (χ1) is 29.2. The minimum atomic E-state index is 0.718. The quantitative estimate of drug-likeness (QED) is 0.167. The summed E-state index contributed by atoms with van der Waals surface area (Å²) in [6.07, 6.45) is 0. The average Bonchev–Trinajstić information content (AvgIpc) is 3.68. The number of hydrogen-bond donors (Lipinski definition) is 0. The molecule has 0 unspecified atom stereocenters. The second kappa shape index (κ2) is 12.5. The second-order valence-electron chi connectivity index (χ2n) is 15.7. The van der Waals surface area contributed by atoms with E-state index in [1.54, 1.807) is 0 Å². The van der Waals surface area contributed by atoms with Gasteiger partial charge in [-0.15, -0.1) is 11.3 Å². The van der Waals surface area contributed by atoms with Gasteiger partial charge in [-0.3, -0.25) is 0 Å². The molecule has 0 spiro atoms. The van der Waals surface area contributed by atoms with Gasteiger partial charge in [0.05, 0.1) is 11.4 Å². The first-order valence-corrected chi connectivity index (χ1v) is 21.0. The van der Waals surface area contributed by atoms with E-state index in [4.69, 9.17) is 9.97 Å². The van der Waals surface area contributed by atoms with Crippen LogP contribution in [0.5, 0.6) is 0 Å². The smallest absolute Gasteiger partial charge is 0.160 e. The van der Waals surface area contributed by atoms with Gasteiger partial charge in [-0.2, -0.15) is 0 Å². The second-order valence-corrected chi connectivity index (χ2v) is 16.8. The molecule has 0 aliphatic heterocycles. The highest BCUT2D eigenvalue weighted by molar-refractivity contribution is 7.25. The zero-order valence-electron chi connectivity index (χ0n) is 31.8.